The predicted molar refractivity (Wildman–Crippen MR) is 72.0 cm³/mol. The molecule has 0 aromatic heterocycles. The smallest absolute Gasteiger partial charge is 0.250 e. The van der Waals surface area contributed by atoms with E-state index in [1.807, 2.05) is 13.8 Å². The first-order valence-electron chi connectivity index (χ1n) is 5.61. The summed E-state index contributed by atoms with van der Waals surface area (Å²) in [5.74, 6) is -0.0200. The average Bonchev–Trinajstić information content (AvgIpc) is 2.31. The van der Waals surface area contributed by atoms with E-state index in [0.717, 1.165) is 18.5 Å². The second-order valence-corrected chi connectivity index (χ2v) is 4.99. The third kappa shape index (κ3) is 1.98. The molecule has 0 fully saturated rings. The molecule has 0 saturated heterocycles. The van der Waals surface area contributed by atoms with E-state index in [2.05, 4.69) is 10.6 Å². The summed E-state index contributed by atoms with van der Waals surface area (Å²) in [7, 11) is 0. The van der Waals surface area contributed by atoms with Gasteiger partial charge < -0.3 is 10.6 Å². The van der Waals surface area contributed by atoms with Crippen molar-refractivity contribution in [2.75, 3.05) is 10.6 Å². The molecule has 0 radical (unpaired) electrons. The highest BCUT2D eigenvalue weighted by Crippen LogP contribution is 2.39. The Labute approximate surface area is 110 Å². The molecule has 0 spiro atoms. The van der Waals surface area contributed by atoms with Crippen LogP contribution in [0.25, 0.3) is 0 Å². The lowest BCUT2D eigenvalue weighted by atomic mass is 9.89. The molecule has 1 aromatic carbocycles. The number of anilines is 2. The molecule has 1 heterocycles. The highest BCUT2D eigenvalue weighted by atomic mass is 35.5. The molecule has 2 rings (SSSR count). The van der Waals surface area contributed by atoms with Gasteiger partial charge in [-0.3, -0.25) is 4.79 Å². The molecule has 3 nitrogen and oxygen atoms in total. The number of fused-ring (bicyclic) bond motifs is 1. The van der Waals surface area contributed by atoms with Crippen molar-refractivity contribution in [2.45, 2.75) is 32.2 Å². The van der Waals surface area contributed by atoms with Gasteiger partial charge in [-0.15, -0.1) is 0 Å². The van der Waals surface area contributed by atoms with Crippen molar-refractivity contribution in [1.82, 2.24) is 0 Å². The van der Waals surface area contributed by atoms with Crippen LogP contribution in [0.3, 0.4) is 0 Å². The number of hydrogen-bond acceptors (Lipinski definition) is 2. The standard InChI is InChI=1S/C12H14Cl2N2O/c1-3-12(4-2)11(17)15-9-5-7(13)8(14)6-10(9)16-12/h5-6,16H,3-4H2,1-2H3,(H,15,17). The number of nitrogens with one attached hydrogen (secondary N) is 2. The second kappa shape index (κ2) is 4.39. The van der Waals surface area contributed by atoms with E-state index in [9.17, 15) is 4.79 Å². The van der Waals surface area contributed by atoms with Crippen LogP contribution in [-0.2, 0) is 4.79 Å². The number of hydrogen-bond donors (Lipinski definition) is 2. The van der Waals surface area contributed by atoms with Crippen molar-refractivity contribution >= 4 is 40.5 Å². The number of rotatable bonds is 2. The monoisotopic (exact) mass is 272 g/mol. The summed E-state index contributed by atoms with van der Waals surface area (Å²) in [6, 6.07) is 3.41. The fourth-order valence-corrected chi connectivity index (χ4v) is 2.39. The molecule has 17 heavy (non-hydrogen) atoms. The first kappa shape index (κ1) is 12.5. The molecule has 0 saturated carbocycles. The van der Waals surface area contributed by atoms with Crippen molar-refractivity contribution in [3.8, 4) is 0 Å². The Bertz CT molecular complexity index is 470. The minimum atomic E-state index is -0.551. The fourth-order valence-electron chi connectivity index (χ4n) is 2.06. The van der Waals surface area contributed by atoms with Gasteiger partial charge in [-0.05, 0) is 25.0 Å². The van der Waals surface area contributed by atoms with Crippen LogP contribution in [0.1, 0.15) is 26.7 Å². The molecule has 0 atom stereocenters. The quantitative estimate of drug-likeness (QED) is 0.857. The van der Waals surface area contributed by atoms with Gasteiger partial charge in [-0.2, -0.15) is 0 Å². The Morgan fingerprint density at radius 2 is 1.65 bits per heavy atom. The van der Waals surface area contributed by atoms with Gasteiger partial charge in [0.15, 0.2) is 0 Å². The molecule has 1 aromatic rings. The van der Waals surface area contributed by atoms with Crippen molar-refractivity contribution in [2.24, 2.45) is 0 Å². The van der Waals surface area contributed by atoms with Crippen LogP contribution in [-0.4, -0.2) is 11.4 Å². The second-order valence-electron chi connectivity index (χ2n) is 4.18. The molecule has 92 valence electrons. The van der Waals surface area contributed by atoms with Gasteiger partial charge in [0.2, 0.25) is 5.91 Å². The van der Waals surface area contributed by atoms with Gasteiger partial charge >= 0.3 is 0 Å². The Balaban J connectivity index is 2.47. The maximum Gasteiger partial charge on any atom is 0.250 e. The summed E-state index contributed by atoms with van der Waals surface area (Å²) in [4.78, 5) is 12.1. The molecule has 5 heteroatoms. The molecule has 1 amide bonds. The maximum atomic E-state index is 12.1. The van der Waals surface area contributed by atoms with Gasteiger partial charge in [-0.1, -0.05) is 37.0 Å². The Morgan fingerprint density at radius 1 is 1.12 bits per heavy atom. The van der Waals surface area contributed by atoms with Crippen molar-refractivity contribution in [3.05, 3.63) is 22.2 Å². The Hall–Kier alpha value is -0.930. The van der Waals surface area contributed by atoms with E-state index in [4.69, 9.17) is 23.2 Å². The van der Waals surface area contributed by atoms with Crippen molar-refractivity contribution < 1.29 is 4.79 Å². The molecule has 0 aliphatic carbocycles. The lowest BCUT2D eigenvalue weighted by molar-refractivity contribution is -0.120. The van der Waals surface area contributed by atoms with Crippen molar-refractivity contribution in [3.63, 3.8) is 0 Å². The minimum Gasteiger partial charge on any atom is -0.369 e. The fraction of sp³-hybridized carbons (Fsp3) is 0.417. The SMILES string of the molecule is CCC1(CC)Nc2cc(Cl)c(Cl)cc2NC1=O. The number of carbonyl (C=O) groups excluding carboxylic acids is 1. The van der Waals surface area contributed by atoms with Crippen LogP contribution >= 0.6 is 23.2 Å². The summed E-state index contributed by atoms with van der Waals surface area (Å²) >= 11 is 11.9. The zero-order valence-electron chi connectivity index (χ0n) is 9.73. The van der Waals surface area contributed by atoms with Crippen LogP contribution in [0.15, 0.2) is 12.1 Å². The Morgan fingerprint density at radius 3 is 2.18 bits per heavy atom. The van der Waals surface area contributed by atoms with Gasteiger partial charge in [0.05, 0.1) is 21.4 Å². The van der Waals surface area contributed by atoms with Crippen molar-refractivity contribution in [1.29, 1.82) is 0 Å². The molecule has 0 unspecified atom stereocenters. The number of halogens is 2. The summed E-state index contributed by atoms with van der Waals surface area (Å²) in [6.45, 7) is 3.97. The van der Waals surface area contributed by atoms with E-state index in [0.29, 0.717) is 15.7 Å². The Kier molecular flexibility index (Phi) is 3.23. The van der Waals surface area contributed by atoms with Gasteiger partial charge in [0, 0.05) is 0 Å². The van der Waals surface area contributed by atoms with Crippen LogP contribution in [0.4, 0.5) is 11.4 Å². The summed E-state index contributed by atoms with van der Waals surface area (Å²) < 4.78 is 0. The lowest BCUT2D eigenvalue weighted by Crippen LogP contribution is -2.51. The first-order chi connectivity index (χ1) is 8.02. The van der Waals surface area contributed by atoms with Crippen LogP contribution in [0, 0.1) is 0 Å². The van der Waals surface area contributed by atoms with E-state index in [1.165, 1.54) is 0 Å². The third-order valence-corrected chi connectivity index (χ3v) is 4.05. The molecule has 1 aliphatic rings. The number of carbonyl (C=O) groups is 1. The summed E-state index contributed by atoms with van der Waals surface area (Å²) in [6.07, 6.45) is 1.43. The van der Waals surface area contributed by atoms with E-state index in [-0.39, 0.29) is 5.91 Å². The number of benzene rings is 1. The normalized spacial score (nSPS) is 17.1. The largest absolute Gasteiger partial charge is 0.369 e. The van der Waals surface area contributed by atoms with Crippen LogP contribution in [0.5, 0.6) is 0 Å². The van der Waals surface area contributed by atoms with Gasteiger partial charge in [0.1, 0.15) is 5.54 Å². The zero-order valence-corrected chi connectivity index (χ0v) is 11.2. The highest BCUT2D eigenvalue weighted by molar-refractivity contribution is 6.42. The summed E-state index contributed by atoms with van der Waals surface area (Å²) in [5, 5.41) is 7.07. The van der Waals surface area contributed by atoms with Crippen LogP contribution in [0.2, 0.25) is 10.0 Å². The van der Waals surface area contributed by atoms with Gasteiger partial charge in [-0.25, -0.2) is 0 Å². The number of amides is 1. The molecule has 0 bridgehead atoms. The molecular weight excluding hydrogens is 259 g/mol. The van der Waals surface area contributed by atoms with Gasteiger partial charge in [0.25, 0.3) is 0 Å². The molecule has 2 N–H and O–H groups in total. The topological polar surface area (TPSA) is 41.1 Å². The van der Waals surface area contributed by atoms with E-state index in [1.54, 1.807) is 12.1 Å². The molecular formula is C12H14Cl2N2O. The van der Waals surface area contributed by atoms with E-state index < -0.39 is 5.54 Å². The minimum absolute atomic E-state index is 0.0200. The van der Waals surface area contributed by atoms with Crippen LogP contribution < -0.4 is 10.6 Å². The first-order valence-corrected chi connectivity index (χ1v) is 6.36. The lowest BCUT2D eigenvalue weighted by Gasteiger charge is -2.37. The third-order valence-electron chi connectivity index (χ3n) is 3.32. The highest BCUT2D eigenvalue weighted by Gasteiger charge is 2.39. The van der Waals surface area contributed by atoms with E-state index >= 15 is 0 Å². The summed E-state index contributed by atoms with van der Waals surface area (Å²) in [5.41, 5.74) is 0.953. The zero-order chi connectivity index (χ0) is 12.6. The molecule has 1 aliphatic heterocycles. The average molecular weight is 273 g/mol. The predicted octanol–water partition coefficient (Wildman–Crippen LogP) is 3.92. The maximum absolute atomic E-state index is 12.1.